The number of rotatable bonds is 6. The first-order valence-electron chi connectivity index (χ1n) is 7.15. The molecule has 1 aromatic heterocycles. The minimum Gasteiger partial charge on any atom is -0.506 e. The van der Waals surface area contributed by atoms with Gasteiger partial charge in [-0.05, 0) is 32.4 Å². The van der Waals surface area contributed by atoms with Crippen LogP contribution in [0.4, 0.5) is 0 Å². The van der Waals surface area contributed by atoms with Gasteiger partial charge in [0.1, 0.15) is 5.75 Å². The summed E-state index contributed by atoms with van der Waals surface area (Å²) in [4.78, 5) is 4.06. The van der Waals surface area contributed by atoms with Crippen molar-refractivity contribution >= 4 is 0 Å². The molecule has 3 N–H and O–H groups in total. The van der Waals surface area contributed by atoms with E-state index in [2.05, 4.69) is 41.5 Å². The van der Waals surface area contributed by atoms with Gasteiger partial charge in [-0.3, -0.25) is 4.98 Å². The van der Waals surface area contributed by atoms with Crippen LogP contribution in [0.15, 0.2) is 30.5 Å². The quantitative estimate of drug-likeness (QED) is 0.713. The molecule has 2 rings (SSSR count). The Morgan fingerprint density at radius 2 is 2.05 bits per heavy atom. The lowest BCUT2D eigenvalue weighted by Gasteiger charge is -2.12. The number of aliphatic hydroxyl groups excluding tert-OH is 1. The summed E-state index contributed by atoms with van der Waals surface area (Å²) < 4.78 is 0. The van der Waals surface area contributed by atoms with Gasteiger partial charge in [-0.2, -0.15) is 0 Å². The topological polar surface area (TPSA) is 65.4 Å². The first-order chi connectivity index (χ1) is 10.1. The molecule has 0 aliphatic carbocycles. The number of aromatic hydroxyl groups is 1. The highest BCUT2D eigenvalue weighted by Crippen LogP contribution is 2.23. The molecule has 0 atom stereocenters. The number of hydrogen-bond acceptors (Lipinski definition) is 4. The maximum atomic E-state index is 10.0. The van der Waals surface area contributed by atoms with Crippen molar-refractivity contribution in [2.75, 3.05) is 6.54 Å². The molecule has 0 saturated carbocycles. The maximum absolute atomic E-state index is 10.0. The van der Waals surface area contributed by atoms with Crippen molar-refractivity contribution in [1.82, 2.24) is 10.3 Å². The molecule has 2 aromatic rings. The molecule has 0 saturated heterocycles. The van der Waals surface area contributed by atoms with Crippen LogP contribution in [0.1, 0.15) is 27.9 Å². The number of hydrogen-bond donors (Lipinski definition) is 3. The Bertz CT molecular complexity index is 612. The molecule has 0 amide bonds. The van der Waals surface area contributed by atoms with Crippen LogP contribution in [0.25, 0.3) is 0 Å². The Labute approximate surface area is 125 Å². The zero-order valence-corrected chi connectivity index (χ0v) is 12.6. The normalized spacial score (nSPS) is 10.8. The van der Waals surface area contributed by atoms with E-state index in [1.54, 1.807) is 13.1 Å². The summed E-state index contributed by atoms with van der Waals surface area (Å²) in [6, 6.07) is 8.44. The van der Waals surface area contributed by atoms with E-state index in [9.17, 15) is 10.2 Å². The standard InChI is InChI=1S/C17H22N2O2/c1-12-4-3-5-14(8-12)6-7-18-10-16-15(11-20)9-19-13(2)17(16)21/h3-5,8-9,18,20-21H,6-7,10-11H2,1-2H3. The van der Waals surface area contributed by atoms with Crippen LogP contribution in [-0.2, 0) is 19.6 Å². The van der Waals surface area contributed by atoms with Gasteiger partial charge < -0.3 is 15.5 Å². The Kier molecular flexibility index (Phi) is 5.31. The SMILES string of the molecule is Cc1cccc(CCNCc2c(CO)cnc(C)c2O)c1. The lowest BCUT2D eigenvalue weighted by atomic mass is 10.1. The Morgan fingerprint density at radius 1 is 1.24 bits per heavy atom. The first-order valence-corrected chi connectivity index (χ1v) is 7.15. The number of pyridine rings is 1. The summed E-state index contributed by atoms with van der Waals surface area (Å²) >= 11 is 0. The molecule has 0 aliphatic heterocycles. The molecule has 1 heterocycles. The van der Waals surface area contributed by atoms with Gasteiger partial charge >= 0.3 is 0 Å². The van der Waals surface area contributed by atoms with Crippen molar-refractivity contribution in [3.8, 4) is 5.75 Å². The van der Waals surface area contributed by atoms with Crippen LogP contribution in [0.5, 0.6) is 5.75 Å². The lowest BCUT2D eigenvalue weighted by Crippen LogP contribution is -2.18. The minimum absolute atomic E-state index is 0.115. The fourth-order valence-electron chi connectivity index (χ4n) is 2.33. The third kappa shape index (κ3) is 4.03. The van der Waals surface area contributed by atoms with Crippen molar-refractivity contribution < 1.29 is 10.2 Å². The van der Waals surface area contributed by atoms with E-state index in [1.807, 2.05) is 0 Å². The molecule has 0 bridgehead atoms. The molecule has 4 heteroatoms. The first kappa shape index (κ1) is 15.5. The monoisotopic (exact) mass is 286 g/mol. The highest BCUT2D eigenvalue weighted by atomic mass is 16.3. The minimum atomic E-state index is -0.115. The summed E-state index contributed by atoms with van der Waals surface area (Å²) in [5, 5.41) is 22.7. The predicted octanol–water partition coefficient (Wildman–Crippen LogP) is 2.23. The Balaban J connectivity index is 1.93. The van der Waals surface area contributed by atoms with Gasteiger partial charge in [-0.15, -0.1) is 0 Å². The molecule has 0 unspecified atom stereocenters. The molecule has 1 aromatic carbocycles. The van der Waals surface area contributed by atoms with E-state index in [4.69, 9.17) is 0 Å². The van der Waals surface area contributed by atoms with Crippen LogP contribution in [0, 0.1) is 13.8 Å². The average Bonchev–Trinajstić information content (AvgIpc) is 2.48. The second-order valence-corrected chi connectivity index (χ2v) is 5.27. The molecular formula is C17H22N2O2. The second kappa shape index (κ2) is 7.20. The summed E-state index contributed by atoms with van der Waals surface area (Å²) in [6.07, 6.45) is 2.55. The molecule has 0 aliphatic rings. The van der Waals surface area contributed by atoms with Gasteiger partial charge in [0.15, 0.2) is 0 Å². The number of benzene rings is 1. The van der Waals surface area contributed by atoms with Gasteiger partial charge in [0.25, 0.3) is 0 Å². The van der Waals surface area contributed by atoms with Gasteiger partial charge in [0.05, 0.1) is 12.3 Å². The molecule has 0 fully saturated rings. The molecule has 0 spiro atoms. The van der Waals surface area contributed by atoms with Crippen LogP contribution in [0.3, 0.4) is 0 Å². The van der Waals surface area contributed by atoms with Gasteiger partial charge in [-0.1, -0.05) is 29.8 Å². The highest BCUT2D eigenvalue weighted by Gasteiger charge is 2.10. The molecule has 112 valence electrons. The van der Waals surface area contributed by atoms with Crippen molar-refractivity contribution in [3.63, 3.8) is 0 Å². The van der Waals surface area contributed by atoms with Gasteiger partial charge in [-0.25, -0.2) is 0 Å². The average molecular weight is 286 g/mol. The summed E-state index contributed by atoms with van der Waals surface area (Å²) in [5.74, 6) is 0.171. The zero-order chi connectivity index (χ0) is 15.2. The van der Waals surface area contributed by atoms with Crippen LogP contribution in [0.2, 0.25) is 0 Å². The smallest absolute Gasteiger partial charge is 0.141 e. The Hall–Kier alpha value is -1.91. The van der Waals surface area contributed by atoms with Crippen molar-refractivity contribution in [2.24, 2.45) is 0 Å². The molecule has 0 radical (unpaired) electrons. The predicted molar refractivity (Wildman–Crippen MR) is 83.2 cm³/mol. The van der Waals surface area contributed by atoms with Crippen LogP contribution < -0.4 is 5.32 Å². The van der Waals surface area contributed by atoms with E-state index in [1.165, 1.54) is 11.1 Å². The Morgan fingerprint density at radius 3 is 2.76 bits per heavy atom. The fourth-order valence-corrected chi connectivity index (χ4v) is 2.33. The van der Waals surface area contributed by atoms with Crippen LogP contribution in [-0.4, -0.2) is 21.7 Å². The third-order valence-electron chi connectivity index (χ3n) is 3.58. The fraction of sp³-hybridized carbons (Fsp3) is 0.353. The second-order valence-electron chi connectivity index (χ2n) is 5.27. The third-order valence-corrected chi connectivity index (χ3v) is 3.58. The number of nitrogens with one attached hydrogen (secondary N) is 1. The van der Waals surface area contributed by atoms with Crippen molar-refractivity contribution in [2.45, 2.75) is 33.4 Å². The number of nitrogens with zero attached hydrogens (tertiary/aromatic N) is 1. The molecule has 21 heavy (non-hydrogen) atoms. The lowest BCUT2D eigenvalue weighted by molar-refractivity contribution is 0.278. The zero-order valence-electron chi connectivity index (χ0n) is 12.6. The summed E-state index contributed by atoms with van der Waals surface area (Å²) in [5.41, 5.74) is 4.54. The van der Waals surface area contributed by atoms with E-state index >= 15 is 0 Å². The number of aromatic nitrogens is 1. The summed E-state index contributed by atoms with van der Waals surface area (Å²) in [7, 11) is 0. The van der Waals surface area contributed by atoms with Crippen molar-refractivity contribution in [3.05, 3.63) is 58.4 Å². The van der Waals surface area contributed by atoms with E-state index in [0.717, 1.165) is 18.5 Å². The van der Waals surface area contributed by atoms with Crippen molar-refractivity contribution in [1.29, 1.82) is 0 Å². The number of aryl methyl sites for hydroxylation is 2. The maximum Gasteiger partial charge on any atom is 0.141 e. The van der Waals surface area contributed by atoms with Gasteiger partial charge in [0, 0.05) is 23.9 Å². The highest BCUT2D eigenvalue weighted by molar-refractivity contribution is 5.40. The van der Waals surface area contributed by atoms with Crippen LogP contribution >= 0.6 is 0 Å². The molecule has 4 nitrogen and oxygen atoms in total. The van der Waals surface area contributed by atoms with Gasteiger partial charge in [0.2, 0.25) is 0 Å². The van der Waals surface area contributed by atoms with E-state index < -0.39 is 0 Å². The van der Waals surface area contributed by atoms with E-state index in [-0.39, 0.29) is 12.4 Å². The van der Waals surface area contributed by atoms with E-state index in [0.29, 0.717) is 17.8 Å². The largest absolute Gasteiger partial charge is 0.506 e. The number of aliphatic hydroxyl groups is 1. The molecular weight excluding hydrogens is 264 g/mol. The summed E-state index contributed by atoms with van der Waals surface area (Å²) in [6.45, 7) is 5.07.